The van der Waals surface area contributed by atoms with E-state index in [4.69, 9.17) is 27.9 Å². The molecule has 0 aliphatic carbocycles. The average molecular weight is 343 g/mol. The van der Waals surface area contributed by atoms with Gasteiger partial charge >= 0.3 is 5.97 Å². The van der Waals surface area contributed by atoms with Crippen molar-refractivity contribution in [1.29, 1.82) is 0 Å². The van der Waals surface area contributed by atoms with E-state index in [0.29, 0.717) is 5.75 Å². The van der Waals surface area contributed by atoms with Crippen LogP contribution in [-0.4, -0.2) is 24.0 Å². The summed E-state index contributed by atoms with van der Waals surface area (Å²) in [6, 6.07) is 7.44. The summed E-state index contributed by atoms with van der Waals surface area (Å²) in [5.41, 5.74) is 1.19. The number of carbonyl (C=O) groups is 1. The third kappa shape index (κ3) is 3.31. The van der Waals surface area contributed by atoms with E-state index < -0.39 is 5.97 Å². The lowest BCUT2D eigenvalue weighted by atomic mass is 10.3. The summed E-state index contributed by atoms with van der Waals surface area (Å²) in [6.07, 6.45) is 2.44. The van der Waals surface area contributed by atoms with Gasteiger partial charge in [-0.2, -0.15) is 0 Å². The van der Waals surface area contributed by atoms with Crippen LogP contribution in [0.25, 0.3) is 0 Å². The highest BCUT2D eigenvalue weighted by molar-refractivity contribution is 7.19. The summed E-state index contributed by atoms with van der Waals surface area (Å²) < 4.78 is 5.71. The normalized spacial score (nSPS) is 14.5. The molecule has 3 rings (SSSR count). The maximum Gasteiger partial charge on any atom is 0.364 e. The molecule has 1 aliphatic rings. The molecule has 21 heavy (non-hydrogen) atoms. The Morgan fingerprint density at radius 2 is 1.86 bits per heavy atom. The molecule has 0 unspecified atom stereocenters. The molecule has 0 N–H and O–H groups in total. The zero-order chi connectivity index (χ0) is 14.8. The molecule has 2 heterocycles. The van der Waals surface area contributed by atoms with E-state index in [1.807, 2.05) is 12.1 Å². The van der Waals surface area contributed by atoms with Gasteiger partial charge in [0.25, 0.3) is 0 Å². The summed E-state index contributed by atoms with van der Waals surface area (Å²) in [4.78, 5) is 18.1. The Labute approximate surface area is 136 Å². The summed E-state index contributed by atoms with van der Waals surface area (Å²) in [7, 11) is 0. The van der Waals surface area contributed by atoms with Crippen LogP contribution in [0.5, 0.6) is 5.75 Å². The first-order valence-corrected chi connectivity index (χ1v) is 8.10. The Balaban J connectivity index is 1.70. The van der Waals surface area contributed by atoms with Crippen molar-refractivity contribution in [2.24, 2.45) is 0 Å². The van der Waals surface area contributed by atoms with Crippen molar-refractivity contribution in [2.75, 3.05) is 18.0 Å². The van der Waals surface area contributed by atoms with E-state index in [0.717, 1.165) is 30.1 Å². The number of carbonyl (C=O) groups excluding carboxylic acids is 1. The van der Waals surface area contributed by atoms with Crippen molar-refractivity contribution in [3.8, 4) is 5.75 Å². The fourth-order valence-corrected chi connectivity index (χ4v) is 3.54. The molecule has 4 nitrogen and oxygen atoms in total. The fourth-order valence-electron chi connectivity index (χ4n) is 2.26. The number of benzene rings is 1. The van der Waals surface area contributed by atoms with Crippen LogP contribution >= 0.6 is 34.5 Å². The number of halogens is 2. The van der Waals surface area contributed by atoms with Gasteiger partial charge in [0.2, 0.25) is 0 Å². The molecule has 2 aromatic rings. The van der Waals surface area contributed by atoms with Gasteiger partial charge in [0.15, 0.2) is 10.2 Å². The van der Waals surface area contributed by atoms with E-state index in [1.165, 1.54) is 12.8 Å². The first-order valence-electron chi connectivity index (χ1n) is 6.52. The van der Waals surface area contributed by atoms with E-state index in [2.05, 4.69) is 9.88 Å². The molecular formula is C14H12Cl2N2O2S. The molecule has 0 amide bonds. The molecule has 0 atom stereocenters. The molecule has 0 saturated carbocycles. The number of thiazole rings is 1. The van der Waals surface area contributed by atoms with Crippen LogP contribution in [0.1, 0.15) is 23.3 Å². The lowest BCUT2D eigenvalue weighted by Crippen LogP contribution is -2.17. The van der Waals surface area contributed by atoms with Crippen molar-refractivity contribution in [1.82, 2.24) is 4.98 Å². The summed E-state index contributed by atoms with van der Waals surface area (Å²) >= 11 is 12.6. The van der Waals surface area contributed by atoms with E-state index >= 15 is 0 Å². The third-order valence-electron chi connectivity index (χ3n) is 3.27. The second-order valence-electron chi connectivity index (χ2n) is 4.67. The quantitative estimate of drug-likeness (QED) is 0.617. The lowest BCUT2D eigenvalue weighted by Gasteiger charge is -2.17. The predicted octanol–water partition coefficient (Wildman–Crippen LogP) is 4.27. The molecular weight excluding hydrogens is 331 g/mol. The van der Waals surface area contributed by atoms with Gasteiger partial charge in [0, 0.05) is 18.8 Å². The topological polar surface area (TPSA) is 42.4 Å². The van der Waals surface area contributed by atoms with Gasteiger partial charge in [-0.25, -0.2) is 9.78 Å². The molecule has 1 aliphatic heterocycles. The first kappa shape index (κ1) is 14.6. The van der Waals surface area contributed by atoms with E-state index in [1.54, 1.807) is 12.1 Å². The monoisotopic (exact) mass is 342 g/mol. The SMILES string of the molecule is O=C(Oc1ccc(N2CCCC2)cc1)c1nc(Cl)sc1Cl. The van der Waals surface area contributed by atoms with Gasteiger partial charge in [-0.05, 0) is 37.1 Å². The maximum absolute atomic E-state index is 12.0. The lowest BCUT2D eigenvalue weighted by molar-refractivity contribution is 0.0729. The van der Waals surface area contributed by atoms with Gasteiger partial charge in [0.05, 0.1) is 0 Å². The molecule has 1 saturated heterocycles. The van der Waals surface area contributed by atoms with Gasteiger partial charge < -0.3 is 9.64 Å². The molecule has 0 spiro atoms. The van der Waals surface area contributed by atoms with Gasteiger partial charge in [-0.3, -0.25) is 0 Å². The molecule has 1 aromatic heterocycles. The number of hydrogen-bond acceptors (Lipinski definition) is 5. The Bertz CT molecular complexity index is 651. The average Bonchev–Trinajstić information content (AvgIpc) is 3.09. The van der Waals surface area contributed by atoms with Gasteiger partial charge in [0.1, 0.15) is 10.1 Å². The highest BCUT2D eigenvalue weighted by atomic mass is 35.5. The third-order valence-corrected chi connectivity index (χ3v) is 4.63. The second kappa shape index (κ2) is 6.22. The van der Waals surface area contributed by atoms with Crippen LogP contribution in [0.4, 0.5) is 5.69 Å². The number of esters is 1. The molecule has 0 bridgehead atoms. The number of aromatic nitrogens is 1. The number of anilines is 1. The van der Waals surface area contributed by atoms with Crippen molar-refractivity contribution in [3.63, 3.8) is 0 Å². The van der Waals surface area contributed by atoms with Crippen LogP contribution < -0.4 is 9.64 Å². The first-order chi connectivity index (χ1) is 10.1. The largest absolute Gasteiger partial charge is 0.422 e. The number of ether oxygens (including phenoxy) is 1. The van der Waals surface area contributed by atoms with Crippen LogP contribution in [0.15, 0.2) is 24.3 Å². The van der Waals surface area contributed by atoms with Crippen LogP contribution in [0.2, 0.25) is 8.80 Å². The highest BCUT2D eigenvalue weighted by Crippen LogP contribution is 2.29. The number of hydrogen-bond donors (Lipinski definition) is 0. The molecule has 1 aromatic carbocycles. The Hall–Kier alpha value is -1.30. The van der Waals surface area contributed by atoms with Crippen LogP contribution in [0.3, 0.4) is 0 Å². The van der Waals surface area contributed by atoms with E-state index in [-0.39, 0.29) is 14.5 Å². The minimum Gasteiger partial charge on any atom is -0.422 e. The molecule has 110 valence electrons. The highest BCUT2D eigenvalue weighted by Gasteiger charge is 2.19. The summed E-state index contributed by atoms with van der Waals surface area (Å²) in [5, 5.41) is 0. The predicted molar refractivity (Wildman–Crippen MR) is 85.0 cm³/mol. The van der Waals surface area contributed by atoms with Crippen molar-refractivity contribution in [2.45, 2.75) is 12.8 Å². The van der Waals surface area contributed by atoms with E-state index in [9.17, 15) is 4.79 Å². The zero-order valence-electron chi connectivity index (χ0n) is 11.0. The minimum absolute atomic E-state index is 0.0512. The Morgan fingerprint density at radius 1 is 1.19 bits per heavy atom. The van der Waals surface area contributed by atoms with Crippen molar-refractivity contribution < 1.29 is 9.53 Å². The van der Waals surface area contributed by atoms with Crippen molar-refractivity contribution in [3.05, 3.63) is 38.8 Å². The molecule has 1 fully saturated rings. The van der Waals surface area contributed by atoms with Crippen LogP contribution in [0, 0.1) is 0 Å². The molecule has 7 heteroatoms. The second-order valence-corrected chi connectivity index (χ2v) is 6.85. The fraction of sp³-hybridized carbons (Fsp3) is 0.286. The smallest absolute Gasteiger partial charge is 0.364 e. The Kier molecular flexibility index (Phi) is 4.33. The summed E-state index contributed by atoms with van der Waals surface area (Å²) in [5.74, 6) is -0.139. The number of nitrogens with zero attached hydrogens (tertiary/aromatic N) is 2. The standard InChI is InChI=1S/C14H12Cl2N2O2S/c15-12-11(17-14(16)21-12)13(19)20-10-5-3-9(4-6-10)18-7-1-2-8-18/h3-6H,1-2,7-8H2. The van der Waals surface area contributed by atoms with Gasteiger partial charge in [-0.15, -0.1) is 0 Å². The minimum atomic E-state index is -0.600. The van der Waals surface area contributed by atoms with Crippen LogP contribution in [-0.2, 0) is 0 Å². The molecule has 0 radical (unpaired) electrons. The van der Waals surface area contributed by atoms with Gasteiger partial charge in [-0.1, -0.05) is 34.5 Å². The number of rotatable bonds is 3. The van der Waals surface area contributed by atoms with Crippen molar-refractivity contribution >= 4 is 46.2 Å². The Morgan fingerprint density at radius 3 is 2.43 bits per heavy atom. The maximum atomic E-state index is 12.0. The summed E-state index contributed by atoms with van der Waals surface area (Å²) in [6.45, 7) is 2.15. The zero-order valence-corrected chi connectivity index (χ0v) is 13.3.